The Morgan fingerprint density at radius 1 is 1.37 bits per heavy atom. The molecule has 1 fully saturated rings. The molecule has 1 saturated carbocycles. The first-order valence-corrected chi connectivity index (χ1v) is 6.72. The predicted molar refractivity (Wildman–Crippen MR) is 74.4 cm³/mol. The molecule has 0 saturated heterocycles. The van der Waals surface area contributed by atoms with Crippen LogP contribution in [-0.2, 0) is 0 Å². The second kappa shape index (κ2) is 6.36. The maximum Gasteiger partial charge on any atom is 0.192 e. The highest BCUT2D eigenvalue weighted by Crippen LogP contribution is 2.25. The topological polar surface area (TPSA) is 87.6 Å². The Morgan fingerprint density at radius 2 is 2.05 bits per heavy atom. The van der Waals surface area contributed by atoms with Crippen LogP contribution in [0.3, 0.4) is 0 Å². The summed E-state index contributed by atoms with van der Waals surface area (Å²) in [5.41, 5.74) is 6.07. The third-order valence-electron chi connectivity index (χ3n) is 3.65. The summed E-state index contributed by atoms with van der Waals surface area (Å²) in [6.07, 6.45) is 9.68. The van der Waals surface area contributed by atoms with E-state index in [0.29, 0.717) is 17.4 Å². The van der Waals surface area contributed by atoms with Crippen LogP contribution in [-0.4, -0.2) is 34.6 Å². The summed E-state index contributed by atoms with van der Waals surface area (Å²) in [6, 6.07) is 0. The number of amidine groups is 1. The van der Waals surface area contributed by atoms with E-state index in [1.54, 1.807) is 12.4 Å². The summed E-state index contributed by atoms with van der Waals surface area (Å²) in [5.74, 6) is 1.36. The molecule has 6 heteroatoms. The number of rotatable bonds is 4. The minimum Gasteiger partial charge on any atom is -0.409 e. The van der Waals surface area contributed by atoms with Crippen LogP contribution in [0.1, 0.15) is 37.8 Å². The van der Waals surface area contributed by atoms with E-state index in [0.717, 1.165) is 6.54 Å². The highest BCUT2D eigenvalue weighted by atomic mass is 16.4. The molecule has 1 aromatic heterocycles. The average molecular weight is 263 g/mol. The summed E-state index contributed by atoms with van der Waals surface area (Å²) in [7, 11) is 1.98. The van der Waals surface area contributed by atoms with Gasteiger partial charge in [-0.15, -0.1) is 0 Å². The van der Waals surface area contributed by atoms with Crippen molar-refractivity contribution in [2.45, 2.75) is 32.1 Å². The van der Waals surface area contributed by atoms with E-state index in [-0.39, 0.29) is 5.84 Å². The molecule has 1 aliphatic carbocycles. The highest BCUT2D eigenvalue weighted by Gasteiger charge is 2.19. The van der Waals surface area contributed by atoms with E-state index in [1.807, 2.05) is 7.05 Å². The molecular formula is C13H21N5O. The van der Waals surface area contributed by atoms with Gasteiger partial charge in [-0.2, -0.15) is 0 Å². The Morgan fingerprint density at radius 3 is 2.74 bits per heavy atom. The molecule has 6 nitrogen and oxygen atoms in total. The molecule has 104 valence electrons. The number of hydrogen-bond acceptors (Lipinski definition) is 5. The first kappa shape index (κ1) is 13.6. The van der Waals surface area contributed by atoms with Gasteiger partial charge in [0, 0.05) is 26.0 Å². The molecule has 0 bridgehead atoms. The normalized spacial score (nSPS) is 17.4. The van der Waals surface area contributed by atoms with Gasteiger partial charge >= 0.3 is 0 Å². The first-order chi connectivity index (χ1) is 9.22. The Balaban J connectivity index is 2.11. The number of anilines is 1. The molecule has 0 radical (unpaired) electrons. The molecular weight excluding hydrogens is 242 g/mol. The van der Waals surface area contributed by atoms with Gasteiger partial charge in [0.1, 0.15) is 0 Å². The minimum atomic E-state index is -0.00130. The molecule has 19 heavy (non-hydrogen) atoms. The Hall–Kier alpha value is -1.85. The number of nitrogens with two attached hydrogens (primary N) is 1. The second-order valence-electron chi connectivity index (χ2n) is 5.10. The van der Waals surface area contributed by atoms with E-state index in [4.69, 9.17) is 10.9 Å². The molecule has 0 aliphatic heterocycles. The lowest BCUT2D eigenvalue weighted by Crippen LogP contribution is -2.30. The van der Waals surface area contributed by atoms with Crippen molar-refractivity contribution in [3.8, 4) is 0 Å². The summed E-state index contributed by atoms with van der Waals surface area (Å²) in [6.45, 7) is 0.935. The summed E-state index contributed by atoms with van der Waals surface area (Å²) < 4.78 is 0. The van der Waals surface area contributed by atoms with Crippen molar-refractivity contribution < 1.29 is 5.21 Å². The number of nitrogens with zero attached hydrogens (tertiary/aromatic N) is 4. The third-order valence-corrected chi connectivity index (χ3v) is 3.65. The molecule has 0 aromatic carbocycles. The Kier molecular flexibility index (Phi) is 4.54. The summed E-state index contributed by atoms with van der Waals surface area (Å²) in [5, 5.41) is 11.8. The summed E-state index contributed by atoms with van der Waals surface area (Å²) in [4.78, 5) is 10.5. The van der Waals surface area contributed by atoms with Gasteiger partial charge in [0.25, 0.3) is 0 Å². The molecule has 1 heterocycles. The predicted octanol–water partition coefficient (Wildman–Crippen LogP) is 1.59. The molecule has 0 atom stereocenters. The van der Waals surface area contributed by atoms with Gasteiger partial charge in [-0.25, -0.2) is 9.97 Å². The highest BCUT2D eigenvalue weighted by molar-refractivity contribution is 5.99. The van der Waals surface area contributed by atoms with Crippen LogP contribution < -0.4 is 10.6 Å². The number of aromatic nitrogens is 2. The van der Waals surface area contributed by atoms with Crippen LogP contribution in [0.4, 0.5) is 5.82 Å². The number of hydrogen-bond donors (Lipinski definition) is 2. The monoisotopic (exact) mass is 263 g/mol. The van der Waals surface area contributed by atoms with Crippen molar-refractivity contribution >= 4 is 11.7 Å². The first-order valence-electron chi connectivity index (χ1n) is 6.72. The molecule has 1 aromatic rings. The van der Waals surface area contributed by atoms with Crippen molar-refractivity contribution in [2.75, 3.05) is 18.5 Å². The second-order valence-corrected chi connectivity index (χ2v) is 5.10. The lowest BCUT2D eigenvalue weighted by molar-refractivity contribution is 0.318. The van der Waals surface area contributed by atoms with Crippen LogP contribution in [0.15, 0.2) is 17.5 Å². The maximum atomic E-state index is 8.79. The van der Waals surface area contributed by atoms with Crippen molar-refractivity contribution in [2.24, 2.45) is 16.8 Å². The fourth-order valence-electron chi connectivity index (χ4n) is 2.68. The van der Waals surface area contributed by atoms with Crippen LogP contribution >= 0.6 is 0 Å². The van der Waals surface area contributed by atoms with Gasteiger partial charge in [0.2, 0.25) is 0 Å². The average Bonchev–Trinajstić information content (AvgIpc) is 2.47. The van der Waals surface area contributed by atoms with Gasteiger partial charge in [-0.1, -0.05) is 24.4 Å². The number of oxime groups is 1. The van der Waals surface area contributed by atoms with E-state index >= 15 is 0 Å². The van der Waals surface area contributed by atoms with Crippen molar-refractivity contribution in [3.05, 3.63) is 18.1 Å². The molecule has 0 unspecified atom stereocenters. The lowest BCUT2D eigenvalue weighted by atomic mass is 9.89. The lowest BCUT2D eigenvalue weighted by Gasteiger charge is -2.28. The largest absolute Gasteiger partial charge is 0.409 e. The zero-order valence-electron chi connectivity index (χ0n) is 11.3. The Bertz CT molecular complexity index is 442. The van der Waals surface area contributed by atoms with Gasteiger partial charge in [0.05, 0.1) is 0 Å². The smallest absolute Gasteiger partial charge is 0.192 e. The summed E-state index contributed by atoms with van der Waals surface area (Å²) >= 11 is 0. The van der Waals surface area contributed by atoms with Crippen LogP contribution in [0.2, 0.25) is 0 Å². The molecule has 2 rings (SSSR count). The van der Waals surface area contributed by atoms with Crippen molar-refractivity contribution in [1.29, 1.82) is 0 Å². The van der Waals surface area contributed by atoms with Gasteiger partial charge in [0.15, 0.2) is 17.3 Å². The molecule has 1 aliphatic rings. The molecule has 0 spiro atoms. The van der Waals surface area contributed by atoms with Gasteiger partial charge < -0.3 is 15.8 Å². The fraction of sp³-hybridized carbons (Fsp3) is 0.615. The van der Waals surface area contributed by atoms with E-state index < -0.39 is 0 Å². The van der Waals surface area contributed by atoms with Crippen LogP contribution in [0.5, 0.6) is 0 Å². The fourth-order valence-corrected chi connectivity index (χ4v) is 2.68. The minimum absolute atomic E-state index is 0.00130. The van der Waals surface area contributed by atoms with Gasteiger partial charge in [-0.05, 0) is 18.8 Å². The van der Waals surface area contributed by atoms with Crippen LogP contribution in [0, 0.1) is 5.92 Å². The SMILES string of the molecule is CN(CC1CCCCC1)c1nccnc1/C(N)=N/O. The molecule has 0 amide bonds. The molecule has 3 N–H and O–H groups in total. The van der Waals surface area contributed by atoms with Gasteiger partial charge in [-0.3, -0.25) is 0 Å². The van der Waals surface area contributed by atoms with Crippen molar-refractivity contribution in [1.82, 2.24) is 9.97 Å². The quantitative estimate of drug-likeness (QED) is 0.373. The van der Waals surface area contributed by atoms with E-state index in [1.165, 1.54) is 32.1 Å². The maximum absolute atomic E-state index is 8.79. The van der Waals surface area contributed by atoms with E-state index in [9.17, 15) is 0 Å². The van der Waals surface area contributed by atoms with Crippen LogP contribution in [0.25, 0.3) is 0 Å². The third kappa shape index (κ3) is 3.33. The van der Waals surface area contributed by atoms with E-state index in [2.05, 4.69) is 20.0 Å². The zero-order chi connectivity index (χ0) is 13.7. The Labute approximate surface area is 113 Å². The standard InChI is InChI=1S/C13H21N5O/c1-18(9-10-5-3-2-4-6-10)13-11(12(14)17-19)15-7-8-16-13/h7-8,10,19H,2-6,9H2,1H3,(H2,14,17). The zero-order valence-corrected chi connectivity index (χ0v) is 11.3. The van der Waals surface area contributed by atoms with Crippen molar-refractivity contribution in [3.63, 3.8) is 0 Å².